The van der Waals surface area contributed by atoms with E-state index in [0.29, 0.717) is 30.3 Å². The maximum atomic E-state index is 12.5. The molecule has 2 aromatic rings. The summed E-state index contributed by atoms with van der Waals surface area (Å²) in [6.45, 7) is 4.03. The summed E-state index contributed by atoms with van der Waals surface area (Å²) in [5.74, 6) is 1.80. The number of amides is 1. The number of carbonyl (C=O) groups excluding carboxylic acids is 1. The predicted octanol–water partition coefficient (Wildman–Crippen LogP) is 2.94. The van der Waals surface area contributed by atoms with Crippen LogP contribution in [0.3, 0.4) is 0 Å². The molecule has 2 aromatic carbocycles. The lowest BCUT2D eigenvalue weighted by Gasteiger charge is -2.34. The molecular weight excluding hydrogens is 368 g/mol. The molecular formula is C23H28N2O4. The van der Waals surface area contributed by atoms with Crippen LogP contribution in [0.1, 0.15) is 5.56 Å². The highest BCUT2D eigenvalue weighted by atomic mass is 16.5. The molecule has 0 aromatic heterocycles. The lowest BCUT2D eigenvalue weighted by Crippen LogP contribution is -2.49. The second-order valence-electron chi connectivity index (χ2n) is 6.83. The van der Waals surface area contributed by atoms with Crippen molar-refractivity contribution in [3.05, 3.63) is 60.2 Å². The Kier molecular flexibility index (Phi) is 7.53. The van der Waals surface area contributed by atoms with Crippen LogP contribution in [0.25, 0.3) is 6.08 Å². The second-order valence-corrected chi connectivity index (χ2v) is 6.83. The highest BCUT2D eigenvalue weighted by Gasteiger charge is 2.20. The molecule has 0 atom stereocenters. The van der Waals surface area contributed by atoms with E-state index in [-0.39, 0.29) is 12.5 Å². The molecule has 6 nitrogen and oxygen atoms in total. The number of nitrogens with zero attached hydrogens (tertiary/aromatic N) is 2. The van der Waals surface area contributed by atoms with Gasteiger partial charge in [-0.15, -0.1) is 0 Å². The molecule has 0 spiro atoms. The number of benzene rings is 2. The summed E-state index contributed by atoms with van der Waals surface area (Å²) in [5, 5.41) is 0. The van der Waals surface area contributed by atoms with Gasteiger partial charge in [-0.2, -0.15) is 0 Å². The number of rotatable bonds is 8. The summed E-state index contributed by atoms with van der Waals surface area (Å²) in [6.07, 6.45) is 4.31. The molecule has 0 radical (unpaired) electrons. The maximum Gasteiger partial charge on any atom is 0.260 e. The van der Waals surface area contributed by atoms with Crippen LogP contribution in [0.2, 0.25) is 0 Å². The minimum Gasteiger partial charge on any atom is -0.496 e. The Balaban J connectivity index is 1.42. The Morgan fingerprint density at radius 3 is 2.17 bits per heavy atom. The maximum absolute atomic E-state index is 12.5. The minimum absolute atomic E-state index is 0.00420. The van der Waals surface area contributed by atoms with E-state index in [1.165, 1.54) is 5.56 Å². The first-order valence-electron chi connectivity index (χ1n) is 9.75. The molecule has 0 unspecified atom stereocenters. The zero-order valence-corrected chi connectivity index (χ0v) is 17.0. The van der Waals surface area contributed by atoms with Crippen molar-refractivity contribution in [2.24, 2.45) is 0 Å². The molecule has 1 amide bonds. The van der Waals surface area contributed by atoms with Crippen molar-refractivity contribution in [1.82, 2.24) is 9.80 Å². The van der Waals surface area contributed by atoms with Gasteiger partial charge in [-0.25, -0.2) is 0 Å². The van der Waals surface area contributed by atoms with Gasteiger partial charge in [0.25, 0.3) is 5.91 Å². The quantitative estimate of drug-likeness (QED) is 0.687. The van der Waals surface area contributed by atoms with Crippen molar-refractivity contribution in [1.29, 1.82) is 0 Å². The van der Waals surface area contributed by atoms with Gasteiger partial charge < -0.3 is 19.1 Å². The van der Waals surface area contributed by atoms with Crippen LogP contribution >= 0.6 is 0 Å². The van der Waals surface area contributed by atoms with Gasteiger partial charge in [0, 0.05) is 50.9 Å². The minimum atomic E-state index is -0.00809. The zero-order valence-electron chi connectivity index (χ0n) is 17.0. The number of hydrogen-bond donors (Lipinski definition) is 0. The third kappa shape index (κ3) is 6.26. The predicted molar refractivity (Wildman–Crippen MR) is 114 cm³/mol. The van der Waals surface area contributed by atoms with Crippen LogP contribution in [-0.2, 0) is 4.79 Å². The second kappa shape index (κ2) is 10.5. The van der Waals surface area contributed by atoms with E-state index in [0.717, 1.165) is 19.6 Å². The van der Waals surface area contributed by atoms with Gasteiger partial charge in [0.15, 0.2) is 6.61 Å². The third-order valence-corrected chi connectivity index (χ3v) is 4.89. The monoisotopic (exact) mass is 396 g/mol. The SMILES string of the molecule is COc1cc(OC)cc(OCC(=O)N2CCN(C/C=C/c3ccccc3)CC2)c1. The highest BCUT2D eigenvalue weighted by molar-refractivity contribution is 5.78. The fourth-order valence-corrected chi connectivity index (χ4v) is 3.18. The van der Waals surface area contributed by atoms with E-state index >= 15 is 0 Å². The van der Waals surface area contributed by atoms with E-state index in [4.69, 9.17) is 14.2 Å². The van der Waals surface area contributed by atoms with E-state index in [1.54, 1.807) is 32.4 Å². The summed E-state index contributed by atoms with van der Waals surface area (Å²) in [6, 6.07) is 15.5. The molecule has 1 fully saturated rings. The van der Waals surface area contributed by atoms with Gasteiger partial charge in [-0.05, 0) is 5.56 Å². The van der Waals surface area contributed by atoms with Gasteiger partial charge in [0.05, 0.1) is 14.2 Å². The highest BCUT2D eigenvalue weighted by Crippen LogP contribution is 2.27. The van der Waals surface area contributed by atoms with Crippen LogP contribution in [-0.4, -0.2) is 69.3 Å². The van der Waals surface area contributed by atoms with Crippen molar-refractivity contribution in [2.45, 2.75) is 0 Å². The molecule has 29 heavy (non-hydrogen) atoms. The number of hydrogen-bond acceptors (Lipinski definition) is 5. The van der Waals surface area contributed by atoms with Gasteiger partial charge >= 0.3 is 0 Å². The van der Waals surface area contributed by atoms with Crippen LogP contribution in [0.15, 0.2) is 54.6 Å². The normalized spacial score (nSPS) is 14.8. The smallest absolute Gasteiger partial charge is 0.260 e. The molecule has 0 N–H and O–H groups in total. The van der Waals surface area contributed by atoms with Gasteiger partial charge in [-0.1, -0.05) is 42.5 Å². The fourth-order valence-electron chi connectivity index (χ4n) is 3.18. The Hall–Kier alpha value is -2.99. The number of methoxy groups -OCH3 is 2. The van der Waals surface area contributed by atoms with Crippen molar-refractivity contribution in [3.8, 4) is 17.2 Å². The van der Waals surface area contributed by atoms with E-state index in [1.807, 2.05) is 23.1 Å². The topological polar surface area (TPSA) is 51.2 Å². The number of carbonyl (C=O) groups is 1. The number of piperazine rings is 1. The Morgan fingerprint density at radius 2 is 1.55 bits per heavy atom. The van der Waals surface area contributed by atoms with Gasteiger partial charge in [0.2, 0.25) is 0 Å². The number of ether oxygens (including phenoxy) is 3. The lowest BCUT2D eigenvalue weighted by atomic mass is 10.2. The van der Waals surface area contributed by atoms with E-state index in [9.17, 15) is 4.79 Å². The van der Waals surface area contributed by atoms with Crippen LogP contribution in [0.4, 0.5) is 0 Å². The van der Waals surface area contributed by atoms with Crippen LogP contribution in [0.5, 0.6) is 17.2 Å². The molecule has 0 aliphatic carbocycles. The molecule has 1 saturated heterocycles. The summed E-state index contributed by atoms with van der Waals surface area (Å²) in [4.78, 5) is 16.7. The molecule has 154 valence electrons. The van der Waals surface area contributed by atoms with Crippen LogP contribution < -0.4 is 14.2 Å². The average Bonchev–Trinajstić information content (AvgIpc) is 2.78. The van der Waals surface area contributed by atoms with Gasteiger partial charge in [-0.3, -0.25) is 9.69 Å². The van der Waals surface area contributed by atoms with Crippen LogP contribution in [0, 0.1) is 0 Å². The lowest BCUT2D eigenvalue weighted by molar-refractivity contribution is -0.135. The third-order valence-electron chi connectivity index (χ3n) is 4.89. The Labute approximate surface area is 172 Å². The largest absolute Gasteiger partial charge is 0.496 e. The molecule has 3 rings (SSSR count). The molecule has 1 heterocycles. The zero-order chi connectivity index (χ0) is 20.5. The van der Waals surface area contributed by atoms with Gasteiger partial charge in [0.1, 0.15) is 17.2 Å². The average molecular weight is 396 g/mol. The Bertz CT molecular complexity index is 793. The first-order valence-corrected chi connectivity index (χ1v) is 9.75. The molecule has 1 aliphatic heterocycles. The first kappa shape index (κ1) is 20.7. The Morgan fingerprint density at radius 1 is 0.931 bits per heavy atom. The first-order chi connectivity index (χ1) is 14.2. The van der Waals surface area contributed by atoms with Crippen molar-refractivity contribution in [3.63, 3.8) is 0 Å². The van der Waals surface area contributed by atoms with Crippen molar-refractivity contribution in [2.75, 3.05) is 53.6 Å². The summed E-state index contributed by atoms with van der Waals surface area (Å²) >= 11 is 0. The summed E-state index contributed by atoms with van der Waals surface area (Å²) in [7, 11) is 3.16. The molecule has 0 bridgehead atoms. The van der Waals surface area contributed by atoms with E-state index in [2.05, 4.69) is 29.2 Å². The van der Waals surface area contributed by atoms with E-state index < -0.39 is 0 Å². The fraction of sp³-hybridized carbons (Fsp3) is 0.348. The molecule has 6 heteroatoms. The summed E-state index contributed by atoms with van der Waals surface area (Å²) < 4.78 is 16.1. The molecule has 0 saturated carbocycles. The van der Waals surface area contributed by atoms with Crippen molar-refractivity contribution < 1.29 is 19.0 Å². The summed E-state index contributed by atoms with van der Waals surface area (Å²) in [5.41, 5.74) is 1.20. The molecule has 1 aliphatic rings. The standard InChI is InChI=1S/C23H28N2O4/c1-27-20-15-21(28-2)17-22(16-20)29-18-23(26)25-13-11-24(12-14-25)10-6-9-19-7-4-3-5-8-19/h3-9,15-17H,10-14,18H2,1-2H3/b9-6+. The van der Waals surface area contributed by atoms with Crippen molar-refractivity contribution >= 4 is 12.0 Å².